The van der Waals surface area contributed by atoms with Gasteiger partial charge in [0.1, 0.15) is 0 Å². The molecule has 0 bridgehead atoms. The lowest BCUT2D eigenvalue weighted by atomic mass is 9.98. The Bertz CT molecular complexity index is 205. The van der Waals surface area contributed by atoms with Gasteiger partial charge in [-0.3, -0.25) is 4.79 Å². The van der Waals surface area contributed by atoms with Gasteiger partial charge in [-0.2, -0.15) is 11.8 Å². The topological polar surface area (TPSA) is 41.1 Å². The van der Waals surface area contributed by atoms with E-state index in [-0.39, 0.29) is 11.8 Å². The molecular formula is C12H24N2OS. The fourth-order valence-electron chi connectivity index (χ4n) is 1.91. The van der Waals surface area contributed by atoms with E-state index in [1.807, 2.05) is 11.8 Å². The summed E-state index contributed by atoms with van der Waals surface area (Å²) in [7, 11) is 0. The Morgan fingerprint density at radius 3 is 3.06 bits per heavy atom. The maximum atomic E-state index is 11.9. The summed E-state index contributed by atoms with van der Waals surface area (Å²) < 4.78 is 0. The summed E-state index contributed by atoms with van der Waals surface area (Å²) in [6.07, 6.45) is 3.23. The van der Waals surface area contributed by atoms with Crippen LogP contribution in [-0.2, 0) is 4.79 Å². The van der Waals surface area contributed by atoms with Gasteiger partial charge in [-0.05, 0) is 44.2 Å². The van der Waals surface area contributed by atoms with Gasteiger partial charge in [0.15, 0.2) is 0 Å². The lowest BCUT2D eigenvalue weighted by molar-refractivity contribution is -0.126. The number of carbonyl (C=O) groups is 1. The molecule has 2 atom stereocenters. The van der Waals surface area contributed by atoms with Crippen molar-refractivity contribution in [2.24, 2.45) is 5.92 Å². The molecule has 94 valence electrons. The molecule has 2 N–H and O–H groups in total. The third-order valence-electron chi connectivity index (χ3n) is 2.96. The Hall–Kier alpha value is -0.220. The van der Waals surface area contributed by atoms with Crippen LogP contribution in [0.4, 0.5) is 0 Å². The third kappa shape index (κ3) is 5.21. The summed E-state index contributed by atoms with van der Waals surface area (Å²) in [6.45, 7) is 6.18. The number of nitrogens with one attached hydrogen (secondary N) is 2. The number of hydrogen-bond acceptors (Lipinski definition) is 3. The largest absolute Gasteiger partial charge is 0.353 e. The van der Waals surface area contributed by atoms with Crippen LogP contribution in [0.15, 0.2) is 0 Å². The van der Waals surface area contributed by atoms with E-state index in [4.69, 9.17) is 0 Å². The number of thioether (sulfide) groups is 1. The first kappa shape index (κ1) is 13.8. The molecule has 1 rings (SSSR count). The Balaban J connectivity index is 2.16. The maximum Gasteiger partial charge on any atom is 0.224 e. The van der Waals surface area contributed by atoms with Crippen molar-refractivity contribution in [2.75, 3.05) is 24.6 Å². The van der Waals surface area contributed by atoms with E-state index < -0.39 is 0 Å². The van der Waals surface area contributed by atoms with Crippen LogP contribution in [0.3, 0.4) is 0 Å². The predicted octanol–water partition coefficient (Wildman–Crippen LogP) is 1.63. The molecule has 1 fully saturated rings. The lowest BCUT2D eigenvalue weighted by Crippen LogP contribution is -2.43. The van der Waals surface area contributed by atoms with Crippen LogP contribution in [0.1, 0.15) is 33.1 Å². The average molecular weight is 244 g/mol. The van der Waals surface area contributed by atoms with Gasteiger partial charge in [0.05, 0.1) is 5.92 Å². The zero-order valence-corrected chi connectivity index (χ0v) is 11.2. The highest BCUT2D eigenvalue weighted by Gasteiger charge is 2.21. The Labute approximate surface area is 103 Å². The number of hydrogen-bond donors (Lipinski definition) is 2. The Kier molecular flexibility index (Phi) is 6.88. The maximum absolute atomic E-state index is 11.9. The van der Waals surface area contributed by atoms with Crippen LogP contribution in [0.25, 0.3) is 0 Å². The molecule has 4 heteroatoms. The smallest absolute Gasteiger partial charge is 0.224 e. The molecule has 0 aromatic carbocycles. The first-order valence-corrected chi connectivity index (χ1v) is 7.48. The number of piperidine rings is 1. The van der Waals surface area contributed by atoms with Gasteiger partial charge >= 0.3 is 0 Å². The molecule has 0 aliphatic carbocycles. The molecular weight excluding hydrogens is 220 g/mol. The van der Waals surface area contributed by atoms with E-state index in [1.54, 1.807) is 0 Å². The lowest BCUT2D eigenvalue weighted by Gasteiger charge is -2.24. The van der Waals surface area contributed by atoms with Crippen molar-refractivity contribution in [3.8, 4) is 0 Å². The zero-order chi connectivity index (χ0) is 11.8. The van der Waals surface area contributed by atoms with E-state index in [1.165, 1.54) is 0 Å². The second kappa shape index (κ2) is 7.96. The molecule has 0 saturated carbocycles. The molecule has 0 aromatic heterocycles. The number of carbonyl (C=O) groups excluding carboxylic acids is 1. The third-order valence-corrected chi connectivity index (χ3v) is 3.89. The van der Waals surface area contributed by atoms with E-state index in [9.17, 15) is 4.79 Å². The van der Waals surface area contributed by atoms with Gasteiger partial charge in [0.25, 0.3) is 0 Å². The predicted molar refractivity (Wildman–Crippen MR) is 70.8 cm³/mol. The Morgan fingerprint density at radius 2 is 2.44 bits per heavy atom. The highest BCUT2D eigenvalue weighted by atomic mass is 32.2. The van der Waals surface area contributed by atoms with E-state index in [0.29, 0.717) is 6.04 Å². The molecule has 1 aliphatic heterocycles. The van der Waals surface area contributed by atoms with E-state index >= 15 is 0 Å². The molecule has 1 aliphatic rings. The van der Waals surface area contributed by atoms with Crippen molar-refractivity contribution < 1.29 is 4.79 Å². The van der Waals surface area contributed by atoms with Gasteiger partial charge in [0, 0.05) is 12.6 Å². The van der Waals surface area contributed by atoms with Crippen molar-refractivity contribution >= 4 is 17.7 Å². The average Bonchev–Trinajstić information content (AvgIpc) is 2.30. The molecule has 0 radical (unpaired) electrons. The fourth-order valence-corrected chi connectivity index (χ4v) is 2.72. The monoisotopic (exact) mass is 244 g/mol. The summed E-state index contributed by atoms with van der Waals surface area (Å²) >= 11 is 1.94. The summed E-state index contributed by atoms with van der Waals surface area (Å²) in [5.41, 5.74) is 0. The summed E-state index contributed by atoms with van der Waals surface area (Å²) in [5, 5.41) is 6.39. The zero-order valence-electron chi connectivity index (χ0n) is 10.4. The van der Waals surface area contributed by atoms with Crippen molar-refractivity contribution in [1.82, 2.24) is 10.6 Å². The minimum absolute atomic E-state index is 0.190. The second-order valence-electron chi connectivity index (χ2n) is 4.44. The highest BCUT2D eigenvalue weighted by molar-refractivity contribution is 7.99. The molecule has 2 unspecified atom stereocenters. The standard InChI is InChI=1S/C12H24N2OS/c1-3-16-8-6-10(2)14-12(15)11-5-4-7-13-9-11/h10-11,13H,3-9H2,1-2H3,(H,14,15). The molecule has 1 saturated heterocycles. The van der Waals surface area contributed by atoms with E-state index in [0.717, 1.165) is 43.9 Å². The van der Waals surface area contributed by atoms with Crippen LogP contribution in [-0.4, -0.2) is 36.5 Å². The molecule has 16 heavy (non-hydrogen) atoms. The Morgan fingerprint density at radius 1 is 1.62 bits per heavy atom. The van der Waals surface area contributed by atoms with Crippen molar-refractivity contribution in [3.63, 3.8) is 0 Å². The first-order valence-electron chi connectivity index (χ1n) is 6.33. The highest BCUT2D eigenvalue weighted by Crippen LogP contribution is 2.11. The first-order chi connectivity index (χ1) is 7.74. The van der Waals surface area contributed by atoms with Crippen molar-refractivity contribution in [3.05, 3.63) is 0 Å². The van der Waals surface area contributed by atoms with Gasteiger partial charge in [-0.25, -0.2) is 0 Å². The van der Waals surface area contributed by atoms with Gasteiger partial charge in [0.2, 0.25) is 5.91 Å². The van der Waals surface area contributed by atoms with Crippen LogP contribution in [0.2, 0.25) is 0 Å². The minimum atomic E-state index is 0.190. The number of rotatable bonds is 6. The quantitative estimate of drug-likeness (QED) is 0.698. The van der Waals surface area contributed by atoms with Crippen LogP contribution >= 0.6 is 11.8 Å². The molecule has 0 spiro atoms. The molecule has 1 heterocycles. The SMILES string of the molecule is CCSCCC(C)NC(=O)C1CCCNC1. The normalized spacial score (nSPS) is 22.8. The van der Waals surface area contributed by atoms with Crippen LogP contribution < -0.4 is 10.6 Å². The molecule has 0 aromatic rings. The summed E-state index contributed by atoms with van der Waals surface area (Å²) in [5.74, 6) is 2.73. The summed E-state index contributed by atoms with van der Waals surface area (Å²) in [6, 6.07) is 0.313. The van der Waals surface area contributed by atoms with Gasteiger partial charge < -0.3 is 10.6 Å². The van der Waals surface area contributed by atoms with Crippen molar-refractivity contribution in [2.45, 2.75) is 39.2 Å². The van der Waals surface area contributed by atoms with Crippen LogP contribution in [0.5, 0.6) is 0 Å². The van der Waals surface area contributed by atoms with Gasteiger partial charge in [-0.1, -0.05) is 6.92 Å². The summed E-state index contributed by atoms with van der Waals surface area (Å²) in [4.78, 5) is 11.9. The molecule has 3 nitrogen and oxygen atoms in total. The fraction of sp³-hybridized carbons (Fsp3) is 0.917. The minimum Gasteiger partial charge on any atom is -0.353 e. The number of amides is 1. The van der Waals surface area contributed by atoms with Crippen molar-refractivity contribution in [1.29, 1.82) is 0 Å². The second-order valence-corrected chi connectivity index (χ2v) is 5.83. The van der Waals surface area contributed by atoms with Crippen LogP contribution in [0, 0.1) is 5.92 Å². The van der Waals surface area contributed by atoms with E-state index in [2.05, 4.69) is 24.5 Å². The molecule has 1 amide bonds. The van der Waals surface area contributed by atoms with Gasteiger partial charge in [-0.15, -0.1) is 0 Å².